The van der Waals surface area contributed by atoms with E-state index in [2.05, 4.69) is 27.7 Å². The molecule has 100 valence electrons. The van der Waals surface area contributed by atoms with Crippen molar-refractivity contribution >= 4 is 0 Å². The second-order valence-corrected chi connectivity index (χ2v) is 6.72. The normalized spacial score (nSPS) is 51.0. The summed E-state index contributed by atoms with van der Waals surface area (Å²) in [4.78, 5) is 0. The highest BCUT2D eigenvalue weighted by Gasteiger charge is 2.50. The SMILES string of the molecule is CCC1(C)C(N)CC1OC1CCC(C)C(C)C1. The van der Waals surface area contributed by atoms with E-state index in [-0.39, 0.29) is 5.41 Å². The van der Waals surface area contributed by atoms with Crippen molar-refractivity contribution < 1.29 is 4.74 Å². The minimum Gasteiger partial charge on any atom is -0.374 e. The Morgan fingerprint density at radius 1 is 1.18 bits per heavy atom. The number of nitrogens with two attached hydrogens (primary N) is 1. The largest absolute Gasteiger partial charge is 0.374 e. The van der Waals surface area contributed by atoms with E-state index in [4.69, 9.17) is 10.5 Å². The maximum Gasteiger partial charge on any atom is 0.0662 e. The van der Waals surface area contributed by atoms with Gasteiger partial charge < -0.3 is 10.5 Å². The first-order valence-electron chi connectivity index (χ1n) is 7.38. The Hall–Kier alpha value is -0.0800. The van der Waals surface area contributed by atoms with Gasteiger partial charge in [-0.1, -0.05) is 27.7 Å². The molecule has 2 N–H and O–H groups in total. The standard InChI is InChI=1S/C15H29NO/c1-5-15(4)13(16)9-14(15)17-12-7-6-10(2)11(3)8-12/h10-14H,5-9,16H2,1-4H3. The van der Waals surface area contributed by atoms with Crippen molar-refractivity contribution in [3.05, 3.63) is 0 Å². The fourth-order valence-electron chi connectivity index (χ4n) is 3.40. The van der Waals surface area contributed by atoms with Crippen molar-refractivity contribution in [2.45, 2.75) is 78.0 Å². The van der Waals surface area contributed by atoms with Gasteiger partial charge in [-0.2, -0.15) is 0 Å². The lowest BCUT2D eigenvalue weighted by Gasteiger charge is -2.53. The van der Waals surface area contributed by atoms with Crippen LogP contribution in [0, 0.1) is 17.3 Å². The smallest absolute Gasteiger partial charge is 0.0662 e. The van der Waals surface area contributed by atoms with Crippen molar-refractivity contribution in [2.75, 3.05) is 0 Å². The fraction of sp³-hybridized carbons (Fsp3) is 1.00. The summed E-state index contributed by atoms with van der Waals surface area (Å²) in [5.74, 6) is 1.69. The third-order valence-electron chi connectivity index (χ3n) is 5.72. The molecule has 0 aliphatic heterocycles. The summed E-state index contributed by atoms with van der Waals surface area (Å²) in [6.07, 6.45) is 6.91. The summed E-state index contributed by atoms with van der Waals surface area (Å²) < 4.78 is 6.34. The van der Waals surface area contributed by atoms with Crippen LogP contribution in [0.2, 0.25) is 0 Å². The summed E-state index contributed by atoms with van der Waals surface area (Å²) in [7, 11) is 0. The second kappa shape index (κ2) is 4.89. The van der Waals surface area contributed by atoms with Crippen LogP contribution in [0.4, 0.5) is 0 Å². The van der Waals surface area contributed by atoms with Crippen LogP contribution in [-0.2, 0) is 4.74 Å². The summed E-state index contributed by atoms with van der Waals surface area (Å²) in [5.41, 5.74) is 6.36. The average molecular weight is 239 g/mol. The van der Waals surface area contributed by atoms with Crippen LogP contribution in [0.3, 0.4) is 0 Å². The predicted octanol–water partition coefficient (Wildman–Crippen LogP) is 3.34. The molecule has 2 heteroatoms. The highest BCUT2D eigenvalue weighted by Crippen LogP contribution is 2.46. The molecule has 0 bridgehead atoms. The molecule has 0 amide bonds. The monoisotopic (exact) mass is 239 g/mol. The molecule has 17 heavy (non-hydrogen) atoms. The molecule has 6 unspecified atom stereocenters. The summed E-state index contributed by atoms with van der Waals surface area (Å²) in [6, 6.07) is 0.345. The maximum absolute atomic E-state index is 6.34. The Morgan fingerprint density at radius 2 is 1.88 bits per heavy atom. The lowest BCUT2D eigenvalue weighted by molar-refractivity contribution is -0.161. The van der Waals surface area contributed by atoms with Crippen molar-refractivity contribution in [1.29, 1.82) is 0 Å². The molecule has 6 atom stereocenters. The van der Waals surface area contributed by atoms with Gasteiger partial charge in [-0.3, -0.25) is 0 Å². The highest BCUT2D eigenvalue weighted by molar-refractivity contribution is 5.03. The Morgan fingerprint density at radius 3 is 2.41 bits per heavy atom. The molecule has 0 spiro atoms. The van der Waals surface area contributed by atoms with Gasteiger partial charge in [0, 0.05) is 11.5 Å². The van der Waals surface area contributed by atoms with Gasteiger partial charge in [0.15, 0.2) is 0 Å². The first-order chi connectivity index (χ1) is 7.97. The van der Waals surface area contributed by atoms with Crippen molar-refractivity contribution in [1.82, 2.24) is 0 Å². The third kappa shape index (κ3) is 2.39. The van der Waals surface area contributed by atoms with Crippen LogP contribution in [0.25, 0.3) is 0 Å². The van der Waals surface area contributed by atoms with Crippen LogP contribution in [-0.4, -0.2) is 18.2 Å². The topological polar surface area (TPSA) is 35.2 Å². The zero-order valence-corrected chi connectivity index (χ0v) is 11.9. The van der Waals surface area contributed by atoms with Gasteiger partial charge in [0.25, 0.3) is 0 Å². The Bertz CT molecular complexity index is 268. The molecule has 2 aliphatic carbocycles. The molecular weight excluding hydrogens is 210 g/mol. The lowest BCUT2D eigenvalue weighted by Crippen LogP contribution is -2.61. The first kappa shape index (κ1) is 13.4. The maximum atomic E-state index is 6.34. The molecular formula is C15H29NO. The zero-order valence-electron chi connectivity index (χ0n) is 11.9. The van der Waals surface area contributed by atoms with Gasteiger partial charge in [-0.15, -0.1) is 0 Å². The van der Waals surface area contributed by atoms with Crippen molar-refractivity contribution in [2.24, 2.45) is 23.0 Å². The number of hydrogen-bond acceptors (Lipinski definition) is 2. The van der Waals surface area contributed by atoms with Gasteiger partial charge in [-0.25, -0.2) is 0 Å². The van der Waals surface area contributed by atoms with Gasteiger partial charge in [0.05, 0.1) is 12.2 Å². The van der Waals surface area contributed by atoms with Gasteiger partial charge in [0.2, 0.25) is 0 Å². The number of hydrogen-bond donors (Lipinski definition) is 1. The minimum atomic E-state index is 0.228. The zero-order chi connectivity index (χ0) is 12.6. The second-order valence-electron chi connectivity index (χ2n) is 6.72. The van der Waals surface area contributed by atoms with Crippen LogP contribution in [0.5, 0.6) is 0 Å². The van der Waals surface area contributed by atoms with Gasteiger partial charge in [0.1, 0.15) is 0 Å². The third-order valence-corrected chi connectivity index (χ3v) is 5.72. The number of ether oxygens (including phenoxy) is 1. The lowest BCUT2D eigenvalue weighted by atomic mass is 9.62. The van der Waals surface area contributed by atoms with E-state index >= 15 is 0 Å². The minimum absolute atomic E-state index is 0.228. The van der Waals surface area contributed by atoms with Crippen LogP contribution in [0.15, 0.2) is 0 Å². The fourth-order valence-corrected chi connectivity index (χ4v) is 3.40. The molecule has 0 saturated heterocycles. The molecule has 2 aliphatic rings. The summed E-state index contributed by atoms with van der Waals surface area (Å²) >= 11 is 0. The van der Waals surface area contributed by atoms with E-state index in [0.29, 0.717) is 18.2 Å². The molecule has 0 heterocycles. The molecule has 0 aromatic heterocycles. The van der Waals surface area contributed by atoms with E-state index < -0.39 is 0 Å². The van der Waals surface area contributed by atoms with E-state index in [1.807, 2.05) is 0 Å². The van der Waals surface area contributed by atoms with Crippen LogP contribution >= 0.6 is 0 Å². The van der Waals surface area contributed by atoms with Crippen LogP contribution < -0.4 is 5.73 Å². The molecule has 2 nitrogen and oxygen atoms in total. The summed E-state index contributed by atoms with van der Waals surface area (Å²) in [6.45, 7) is 9.27. The molecule has 0 radical (unpaired) electrons. The first-order valence-corrected chi connectivity index (χ1v) is 7.38. The molecule has 2 fully saturated rings. The molecule has 2 saturated carbocycles. The Labute approximate surface area is 106 Å². The Balaban J connectivity index is 1.86. The average Bonchev–Trinajstić information content (AvgIpc) is 2.32. The van der Waals surface area contributed by atoms with Crippen molar-refractivity contribution in [3.63, 3.8) is 0 Å². The highest BCUT2D eigenvalue weighted by atomic mass is 16.5. The molecule has 0 aromatic carbocycles. The van der Waals surface area contributed by atoms with Crippen molar-refractivity contribution in [3.8, 4) is 0 Å². The molecule has 0 aromatic rings. The van der Waals surface area contributed by atoms with E-state index in [0.717, 1.165) is 24.7 Å². The Kier molecular flexibility index (Phi) is 3.84. The van der Waals surface area contributed by atoms with E-state index in [1.165, 1.54) is 19.3 Å². The summed E-state index contributed by atoms with van der Waals surface area (Å²) in [5, 5.41) is 0. The quantitative estimate of drug-likeness (QED) is 0.820. The van der Waals surface area contributed by atoms with Crippen LogP contribution in [0.1, 0.15) is 59.8 Å². The predicted molar refractivity (Wildman–Crippen MR) is 71.8 cm³/mol. The molecule has 2 rings (SSSR count). The number of rotatable bonds is 3. The van der Waals surface area contributed by atoms with E-state index in [1.54, 1.807) is 0 Å². The van der Waals surface area contributed by atoms with Gasteiger partial charge >= 0.3 is 0 Å². The van der Waals surface area contributed by atoms with Gasteiger partial charge in [-0.05, 0) is 43.9 Å². The van der Waals surface area contributed by atoms with E-state index in [9.17, 15) is 0 Å².